The Balaban J connectivity index is 2.00. The lowest BCUT2D eigenvalue weighted by Crippen LogP contribution is -2.33. The minimum absolute atomic E-state index is 0.0628. The third kappa shape index (κ3) is 3.31. The number of nitrogens with one attached hydrogen (secondary N) is 1. The van der Waals surface area contributed by atoms with Crippen LogP contribution < -0.4 is 11.1 Å². The Morgan fingerprint density at radius 1 is 1.53 bits per heavy atom. The average Bonchev–Trinajstić information content (AvgIpc) is 2.37. The van der Waals surface area contributed by atoms with Gasteiger partial charge in [0.25, 0.3) is 0 Å². The van der Waals surface area contributed by atoms with Crippen LogP contribution in [0.4, 0.5) is 17.3 Å². The highest BCUT2D eigenvalue weighted by Crippen LogP contribution is 2.30. The molecule has 2 heterocycles. The van der Waals surface area contributed by atoms with Gasteiger partial charge in [-0.25, -0.2) is 4.98 Å². The molecule has 104 valence electrons. The van der Waals surface area contributed by atoms with Crippen LogP contribution in [-0.4, -0.2) is 29.7 Å². The highest BCUT2D eigenvalue weighted by atomic mass is 16.6. The standard InChI is InChI=1S/C12H18N4O3/c1-12(4-6-19-7-5-12)8-14-10-3-2-9(16(17)18)11(13)15-10/h2-3H,4-8H2,1H3,(H3,13,14,15). The van der Waals surface area contributed by atoms with Gasteiger partial charge in [0.2, 0.25) is 5.82 Å². The number of nitro groups is 1. The van der Waals surface area contributed by atoms with E-state index < -0.39 is 4.92 Å². The van der Waals surface area contributed by atoms with Gasteiger partial charge >= 0.3 is 5.69 Å². The first-order valence-corrected chi connectivity index (χ1v) is 6.23. The number of nitrogens with two attached hydrogens (primary N) is 1. The van der Waals surface area contributed by atoms with E-state index in [1.807, 2.05) is 0 Å². The van der Waals surface area contributed by atoms with Gasteiger partial charge in [0.15, 0.2) is 0 Å². The van der Waals surface area contributed by atoms with E-state index in [-0.39, 0.29) is 16.9 Å². The van der Waals surface area contributed by atoms with Gasteiger partial charge < -0.3 is 15.8 Å². The van der Waals surface area contributed by atoms with E-state index in [9.17, 15) is 10.1 Å². The molecule has 2 rings (SSSR count). The number of pyridine rings is 1. The van der Waals surface area contributed by atoms with Crippen molar-refractivity contribution in [2.75, 3.05) is 30.8 Å². The highest BCUT2D eigenvalue weighted by molar-refractivity contribution is 5.57. The van der Waals surface area contributed by atoms with Crippen LogP contribution in [0.3, 0.4) is 0 Å². The first-order valence-electron chi connectivity index (χ1n) is 6.23. The summed E-state index contributed by atoms with van der Waals surface area (Å²) in [6.45, 7) is 4.49. The molecular weight excluding hydrogens is 248 g/mol. The molecule has 0 amide bonds. The maximum atomic E-state index is 10.6. The molecule has 1 fully saturated rings. The van der Waals surface area contributed by atoms with Crippen molar-refractivity contribution in [3.63, 3.8) is 0 Å². The average molecular weight is 266 g/mol. The number of ether oxygens (including phenoxy) is 1. The van der Waals surface area contributed by atoms with Crippen LogP contribution in [0, 0.1) is 15.5 Å². The largest absolute Gasteiger partial charge is 0.381 e. The molecule has 1 aliphatic heterocycles. The summed E-state index contributed by atoms with van der Waals surface area (Å²) in [5.74, 6) is 0.503. The van der Waals surface area contributed by atoms with Gasteiger partial charge in [-0.3, -0.25) is 10.1 Å². The summed E-state index contributed by atoms with van der Waals surface area (Å²) in [5.41, 5.74) is 5.55. The van der Waals surface area contributed by atoms with Crippen molar-refractivity contribution in [3.8, 4) is 0 Å². The van der Waals surface area contributed by atoms with Crippen LogP contribution in [0.25, 0.3) is 0 Å². The lowest BCUT2D eigenvalue weighted by molar-refractivity contribution is -0.384. The Labute approximate surface area is 111 Å². The van der Waals surface area contributed by atoms with E-state index in [4.69, 9.17) is 10.5 Å². The summed E-state index contributed by atoms with van der Waals surface area (Å²) in [7, 11) is 0. The van der Waals surface area contributed by atoms with E-state index in [0.717, 1.165) is 32.6 Å². The van der Waals surface area contributed by atoms with Crippen LogP contribution in [0.15, 0.2) is 12.1 Å². The van der Waals surface area contributed by atoms with E-state index in [1.165, 1.54) is 6.07 Å². The summed E-state index contributed by atoms with van der Waals surface area (Å²) < 4.78 is 5.34. The molecule has 7 heteroatoms. The fourth-order valence-corrected chi connectivity index (χ4v) is 2.07. The van der Waals surface area contributed by atoms with Crippen LogP contribution in [0.5, 0.6) is 0 Å². The molecule has 1 aliphatic rings. The van der Waals surface area contributed by atoms with Gasteiger partial charge in [-0.05, 0) is 24.3 Å². The fourth-order valence-electron chi connectivity index (χ4n) is 2.07. The zero-order valence-corrected chi connectivity index (χ0v) is 10.9. The molecule has 1 aromatic heterocycles. The quantitative estimate of drug-likeness (QED) is 0.636. The number of nitrogen functional groups attached to an aromatic ring is 1. The highest BCUT2D eigenvalue weighted by Gasteiger charge is 2.27. The van der Waals surface area contributed by atoms with Crippen molar-refractivity contribution in [2.24, 2.45) is 5.41 Å². The van der Waals surface area contributed by atoms with Gasteiger partial charge in [0.1, 0.15) is 5.82 Å². The number of aromatic nitrogens is 1. The Hall–Kier alpha value is -1.89. The molecular formula is C12H18N4O3. The Bertz CT molecular complexity index is 472. The van der Waals surface area contributed by atoms with Crippen LogP contribution in [0.2, 0.25) is 0 Å². The summed E-state index contributed by atoms with van der Waals surface area (Å²) in [5, 5.41) is 13.8. The summed E-state index contributed by atoms with van der Waals surface area (Å²) in [4.78, 5) is 14.1. The van der Waals surface area contributed by atoms with Gasteiger partial charge in [-0.2, -0.15) is 0 Å². The molecule has 0 aliphatic carbocycles. The summed E-state index contributed by atoms with van der Waals surface area (Å²) >= 11 is 0. The molecule has 0 aromatic carbocycles. The lowest BCUT2D eigenvalue weighted by atomic mass is 9.82. The van der Waals surface area contributed by atoms with E-state index in [1.54, 1.807) is 6.07 Å². The normalized spacial score (nSPS) is 17.9. The second-order valence-corrected chi connectivity index (χ2v) is 5.13. The third-order valence-corrected chi connectivity index (χ3v) is 3.50. The third-order valence-electron chi connectivity index (χ3n) is 3.50. The first-order chi connectivity index (χ1) is 9.00. The van der Waals surface area contributed by atoms with Gasteiger partial charge in [-0.1, -0.05) is 6.92 Å². The van der Waals surface area contributed by atoms with E-state index in [2.05, 4.69) is 17.2 Å². The predicted octanol–water partition coefficient (Wildman–Crippen LogP) is 1.80. The molecule has 0 unspecified atom stereocenters. The Morgan fingerprint density at radius 3 is 2.79 bits per heavy atom. The molecule has 0 atom stereocenters. The fraction of sp³-hybridized carbons (Fsp3) is 0.583. The van der Waals surface area contributed by atoms with Crippen molar-refractivity contribution in [1.29, 1.82) is 0 Å². The Kier molecular flexibility index (Phi) is 3.84. The lowest BCUT2D eigenvalue weighted by Gasteiger charge is -2.33. The van der Waals surface area contributed by atoms with Crippen molar-refractivity contribution < 1.29 is 9.66 Å². The van der Waals surface area contributed by atoms with E-state index >= 15 is 0 Å². The van der Waals surface area contributed by atoms with Crippen molar-refractivity contribution in [2.45, 2.75) is 19.8 Å². The predicted molar refractivity (Wildman–Crippen MR) is 72.0 cm³/mol. The number of anilines is 2. The van der Waals surface area contributed by atoms with Gasteiger partial charge in [0, 0.05) is 25.8 Å². The molecule has 0 saturated carbocycles. The number of rotatable bonds is 4. The monoisotopic (exact) mass is 266 g/mol. The maximum absolute atomic E-state index is 10.6. The first kappa shape index (κ1) is 13.5. The zero-order valence-electron chi connectivity index (χ0n) is 10.9. The second kappa shape index (κ2) is 5.40. The summed E-state index contributed by atoms with van der Waals surface area (Å²) in [6, 6.07) is 2.95. The molecule has 7 nitrogen and oxygen atoms in total. The van der Waals surface area contributed by atoms with Crippen LogP contribution in [-0.2, 0) is 4.74 Å². The van der Waals surface area contributed by atoms with E-state index in [0.29, 0.717) is 5.82 Å². The minimum Gasteiger partial charge on any atom is -0.381 e. The van der Waals surface area contributed by atoms with Crippen LogP contribution in [0.1, 0.15) is 19.8 Å². The molecule has 19 heavy (non-hydrogen) atoms. The van der Waals surface area contributed by atoms with Gasteiger partial charge in [-0.15, -0.1) is 0 Å². The molecule has 0 bridgehead atoms. The molecule has 1 saturated heterocycles. The number of hydrogen-bond acceptors (Lipinski definition) is 6. The minimum atomic E-state index is -0.536. The number of hydrogen-bond donors (Lipinski definition) is 2. The van der Waals surface area contributed by atoms with Crippen LogP contribution >= 0.6 is 0 Å². The molecule has 0 radical (unpaired) electrons. The molecule has 3 N–H and O–H groups in total. The number of nitrogens with zero attached hydrogens (tertiary/aromatic N) is 2. The molecule has 0 spiro atoms. The smallest absolute Gasteiger partial charge is 0.311 e. The van der Waals surface area contributed by atoms with Crippen molar-refractivity contribution in [1.82, 2.24) is 4.98 Å². The topological polar surface area (TPSA) is 103 Å². The van der Waals surface area contributed by atoms with Crippen molar-refractivity contribution >= 4 is 17.3 Å². The van der Waals surface area contributed by atoms with Crippen molar-refractivity contribution in [3.05, 3.63) is 22.2 Å². The zero-order chi connectivity index (χ0) is 13.9. The Morgan fingerprint density at radius 2 is 2.21 bits per heavy atom. The molecule has 1 aromatic rings. The summed E-state index contributed by atoms with van der Waals surface area (Å²) in [6.07, 6.45) is 1.98. The maximum Gasteiger partial charge on any atom is 0.311 e. The second-order valence-electron chi connectivity index (χ2n) is 5.13. The SMILES string of the molecule is CC1(CNc2ccc([N+](=O)[O-])c(N)n2)CCOCC1. The van der Waals surface area contributed by atoms with Gasteiger partial charge in [0.05, 0.1) is 4.92 Å².